The average molecular weight is 511 g/mol. The number of aromatic nitrogens is 2. The number of halogens is 3. The van der Waals surface area contributed by atoms with Gasteiger partial charge in [-0.2, -0.15) is 0 Å². The maximum absolute atomic E-state index is 6.10. The van der Waals surface area contributed by atoms with E-state index in [-0.39, 0.29) is 30.0 Å². The lowest BCUT2D eigenvalue weighted by Crippen LogP contribution is -2.38. The number of aliphatic imine (C=N–C) groups is 1. The molecule has 1 unspecified atom stereocenters. The van der Waals surface area contributed by atoms with Gasteiger partial charge < -0.3 is 20.1 Å². The second kappa shape index (κ2) is 10.2. The van der Waals surface area contributed by atoms with E-state index in [4.69, 9.17) is 23.2 Å². The molecule has 0 saturated heterocycles. The number of rotatable bonds is 5. The quantitative estimate of drug-likeness (QED) is 0.364. The Morgan fingerprint density at radius 1 is 1.31 bits per heavy atom. The van der Waals surface area contributed by atoms with Gasteiger partial charge in [0.1, 0.15) is 0 Å². The van der Waals surface area contributed by atoms with E-state index < -0.39 is 0 Å². The van der Waals surface area contributed by atoms with Crippen LogP contribution in [0.25, 0.3) is 0 Å². The van der Waals surface area contributed by atoms with Gasteiger partial charge >= 0.3 is 0 Å². The molecule has 0 aliphatic rings. The van der Waals surface area contributed by atoms with Gasteiger partial charge in [0.25, 0.3) is 0 Å². The van der Waals surface area contributed by atoms with Crippen molar-refractivity contribution in [1.29, 1.82) is 0 Å². The summed E-state index contributed by atoms with van der Waals surface area (Å²) in [6, 6.07) is 5.64. The highest BCUT2D eigenvalue weighted by Gasteiger charge is 2.11. The van der Waals surface area contributed by atoms with Crippen LogP contribution in [0.1, 0.15) is 24.2 Å². The molecule has 26 heavy (non-hydrogen) atoms. The van der Waals surface area contributed by atoms with E-state index in [9.17, 15) is 0 Å². The van der Waals surface area contributed by atoms with Gasteiger partial charge in [0.15, 0.2) is 5.96 Å². The Bertz CT molecular complexity index is 760. The van der Waals surface area contributed by atoms with Gasteiger partial charge in [-0.3, -0.25) is 4.99 Å². The Kier molecular flexibility index (Phi) is 8.99. The van der Waals surface area contributed by atoms with Crippen molar-refractivity contribution in [3.05, 3.63) is 45.7 Å². The van der Waals surface area contributed by atoms with Crippen LogP contribution in [0.2, 0.25) is 10.0 Å². The fraction of sp³-hybridized carbons (Fsp3) is 0.412. The van der Waals surface area contributed by atoms with E-state index in [0.29, 0.717) is 22.5 Å². The van der Waals surface area contributed by atoms with Gasteiger partial charge in [0.2, 0.25) is 5.95 Å². The zero-order valence-corrected chi connectivity index (χ0v) is 19.4. The van der Waals surface area contributed by atoms with Crippen LogP contribution in [0.15, 0.2) is 29.4 Å². The molecule has 2 rings (SSSR count). The first-order chi connectivity index (χ1) is 11.8. The van der Waals surface area contributed by atoms with Crippen molar-refractivity contribution in [2.45, 2.75) is 19.5 Å². The van der Waals surface area contributed by atoms with Crippen LogP contribution >= 0.6 is 47.2 Å². The molecular formula is C17H25Cl2IN6. The monoisotopic (exact) mass is 510 g/mol. The Hall–Kier alpha value is -1.19. The maximum atomic E-state index is 6.10. The van der Waals surface area contributed by atoms with Crippen LogP contribution < -0.4 is 15.5 Å². The summed E-state index contributed by atoms with van der Waals surface area (Å²) in [6.45, 7) is 2.66. The average Bonchev–Trinajstić information content (AvgIpc) is 2.94. The van der Waals surface area contributed by atoms with Crippen molar-refractivity contribution in [2.75, 3.05) is 26.0 Å². The Morgan fingerprint density at radius 2 is 2.00 bits per heavy atom. The SMILES string of the molecule is CN=C(NCc1cnc(N(C)C)n1C)NC(C)c1ccc(Cl)c(Cl)c1.I. The summed E-state index contributed by atoms with van der Waals surface area (Å²) in [7, 11) is 7.68. The predicted octanol–water partition coefficient (Wildman–Crippen LogP) is 3.84. The Morgan fingerprint density at radius 3 is 2.54 bits per heavy atom. The van der Waals surface area contributed by atoms with Crippen molar-refractivity contribution in [3.8, 4) is 0 Å². The topological polar surface area (TPSA) is 57.5 Å². The lowest BCUT2D eigenvalue weighted by molar-refractivity contribution is 0.676. The largest absolute Gasteiger partial charge is 0.351 e. The third-order valence-corrected chi connectivity index (χ3v) is 4.66. The Labute approximate surface area is 182 Å². The molecule has 0 bridgehead atoms. The number of guanidine groups is 1. The molecule has 0 saturated carbocycles. The highest BCUT2D eigenvalue weighted by atomic mass is 127. The number of benzene rings is 1. The third-order valence-electron chi connectivity index (χ3n) is 3.92. The van der Waals surface area contributed by atoms with Crippen LogP contribution in [0.5, 0.6) is 0 Å². The van der Waals surface area contributed by atoms with Crippen molar-refractivity contribution in [2.24, 2.45) is 12.0 Å². The number of nitrogens with one attached hydrogen (secondary N) is 2. The molecule has 6 nitrogen and oxygen atoms in total. The van der Waals surface area contributed by atoms with E-state index in [1.165, 1.54) is 0 Å². The smallest absolute Gasteiger partial charge is 0.204 e. The highest BCUT2D eigenvalue weighted by molar-refractivity contribution is 14.0. The molecule has 2 aromatic rings. The van der Waals surface area contributed by atoms with E-state index in [1.807, 2.05) is 55.9 Å². The van der Waals surface area contributed by atoms with Crippen molar-refractivity contribution in [1.82, 2.24) is 20.2 Å². The number of hydrogen-bond acceptors (Lipinski definition) is 3. The second-order valence-corrected chi connectivity index (χ2v) is 6.78. The summed E-state index contributed by atoms with van der Waals surface area (Å²) in [5, 5.41) is 7.74. The van der Waals surface area contributed by atoms with Crippen LogP contribution in [-0.2, 0) is 13.6 Å². The third kappa shape index (κ3) is 5.65. The fourth-order valence-electron chi connectivity index (χ4n) is 2.45. The van der Waals surface area contributed by atoms with E-state index in [0.717, 1.165) is 17.2 Å². The van der Waals surface area contributed by atoms with Crippen molar-refractivity contribution in [3.63, 3.8) is 0 Å². The summed E-state index contributed by atoms with van der Waals surface area (Å²) < 4.78 is 2.04. The normalized spacial score (nSPS) is 12.3. The molecular weight excluding hydrogens is 486 g/mol. The molecule has 1 heterocycles. The molecule has 0 radical (unpaired) electrons. The molecule has 1 aromatic heterocycles. The first-order valence-corrected chi connectivity index (χ1v) is 8.69. The molecule has 0 spiro atoms. The minimum Gasteiger partial charge on any atom is -0.351 e. The van der Waals surface area contributed by atoms with E-state index in [2.05, 4.69) is 20.6 Å². The maximum Gasteiger partial charge on any atom is 0.204 e. The second-order valence-electron chi connectivity index (χ2n) is 5.97. The molecule has 1 aromatic carbocycles. The summed E-state index contributed by atoms with van der Waals surface area (Å²) in [4.78, 5) is 10.7. The minimum atomic E-state index is 0. The van der Waals surface area contributed by atoms with Crippen LogP contribution in [0.4, 0.5) is 5.95 Å². The van der Waals surface area contributed by atoms with Gasteiger partial charge in [-0.25, -0.2) is 4.98 Å². The number of hydrogen-bond donors (Lipinski definition) is 2. The molecule has 144 valence electrons. The molecule has 9 heteroatoms. The molecule has 1 atom stereocenters. The summed E-state index contributed by atoms with van der Waals surface area (Å²) in [5.74, 6) is 1.61. The zero-order chi connectivity index (χ0) is 18.6. The van der Waals surface area contributed by atoms with Crippen LogP contribution in [0.3, 0.4) is 0 Å². The summed E-state index contributed by atoms with van der Waals surface area (Å²) in [5.41, 5.74) is 2.10. The number of nitrogens with zero attached hydrogens (tertiary/aromatic N) is 4. The molecule has 2 N–H and O–H groups in total. The first kappa shape index (κ1) is 22.9. The molecule has 0 aliphatic carbocycles. The van der Waals surface area contributed by atoms with Crippen molar-refractivity contribution < 1.29 is 0 Å². The number of imidazole rings is 1. The minimum absolute atomic E-state index is 0. The van der Waals surface area contributed by atoms with Crippen LogP contribution in [-0.4, -0.2) is 36.7 Å². The van der Waals surface area contributed by atoms with Gasteiger partial charge in [-0.05, 0) is 24.6 Å². The van der Waals surface area contributed by atoms with Gasteiger partial charge in [0.05, 0.1) is 34.5 Å². The van der Waals surface area contributed by atoms with Gasteiger partial charge in [-0.15, -0.1) is 24.0 Å². The molecule has 0 amide bonds. The van der Waals surface area contributed by atoms with Gasteiger partial charge in [-0.1, -0.05) is 29.3 Å². The van der Waals surface area contributed by atoms with Crippen LogP contribution in [0, 0.1) is 0 Å². The first-order valence-electron chi connectivity index (χ1n) is 7.93. The lowest BCUT2D eigenvalue weighted by atomic mass is 10.1. The van der Waals surface area contributed by atoms with Gasteiger partial charge in [0, 0.05) is 28.2 Å². The fourth-order valence-corrected chi connectivity index (χ4v) is 2.76. The molecule has 0 aliphatic heterocycles. The molecule has 0 fully saturated rings. The zero-order valence-electron chi connectivity index (χ0n) is 15.5. The standard InChI is InChI=1S/C17H24Cl2N6.HI/c1-11(12-6-7-14(18)15(19)8-12)23-16(20-2)21-9-13-10-22-17(24(3)4)25(13)5;/h6-8,10-11H,9H2,1-5H3,(H2,20,21,23);1H. The summed E-state index contributed by atoms with van der Waals surface area (Å²) in [6.07, 6.45) is 1.86. The van der Waals surface area contributed by atoms with E-state index in [1.54, 1.807) is 13.1 Å². The number of anilines is 1. The summed E-state index contributed by atoms with van der Waals surface area (Å²) >= 11 is 12.1. The predicted molar refractivity (Wildman–Crippen MR) is 121 cm³/mol. The highest BCUT2D eigenvalue weighted by Crippen LogP contribution is 2.25. The van der Waals surface area contributed by atoms with E-state index >= 15 is 0 Å². The van der Waals surface area contributed by atoms with Crippen molar-refractivity contribution >= 4 is 59.1 Å². The lowest BCUT2D eigenvalue weighted by Gasteiger charge is -2.19. The Balaban J connectivity index is 0.00000338.